The number of hydrogen-bond acceptors (Lipinski definition) is 4. The molecule has 3 N–H and O–H groups in total. The van der Waals surface area contributed by atoms with E-state index in [1.54, 1.807) is 13.0 Å². The number of allylic oxidation sites excluding steroid dienone is 2. The van der Waals surface area contributed by atoms with E-state index in [-0.39, 0.29) is 29.2 Å². The SMILES string of the molecule is C=CC(Cl)=Cc1c(-c2nc(NC3C4CCC(CC4)C3C(C)=N)c(F)cc2F)n[nH]c1C. The number of aryl methyl sites for hydroxylation is 1. The maximum absolute atomic E-state index is 14.8. The molecule has 2 heterocycles. The molecule has 3 fully saturated rings. The summed E-state index contributed by atoms with van der Waals surface area (Å²) >= 11 is 6.09. The van der Waals surface area contributed by atoms with Crippen LogP contribution in [0.15, 0.2) is 23.8 Å². The quantitative estimate of drug-likeness (QED) is 0.372. The number of hydrogen-bond donors (Lipinski definition) is 3. The zero-order chi connectivity index (χ0) is 22.3. The van der Waals surface area contributed by atoms with Crippen LogP contribution in [0.4, 0.5) is 14.6 Å². The van der Waals surface area contributed by atoms with E-state index in [4.69, 9.17) is 17.0 Å². The number of nitrogens with one attached hydrogen (secondary N) is 3. The Morgan fingerprint density at radius 2 is 1.90 bits per heavy atom. The zero-order valence-corrected chi connectivity index (χ0v) is 18.4. The molecular weight excluding hydrogens is 420 g/mol. The van der Waals surface area contributed by atoms with Gasteiger partial charge >= 0.3 is 0 Å². The lowest BCUT2D eigenvalue weighted by atomic mass is 9.60. The Kier molecular flexibility index (Phi) is 5.97. The van der Waals surface area contributed by atoms with Gasteiger partial charge < -0.3 is 10.7 Å². The first-order valence-electron chi connectivity index (χ1n) is 10.5. The average Bonchev–Trinajstić information content (AvgIpc) is 3.10. The third-order valence-electron chi connectivity index (χ3n) is 6.65. The Balaban J connectivity index is 1.73. The normalized spacial score (nSPS) is 25.5. The molecule has 2 atom stereocenters. The number of anilines is 1. The molecule has 3 aliphatic rings. The molecule has 2 unspecified atom stereocenters. The number of aromatic nitrogens is 3. The Labute approximate surface area is 185 Å². The summed E-state index contributed by atoms with van der Waals surface area (Å²) in [6.07, 6.45) is 7.39. The molecule has 2 aromatic rings. The molecule has 8 heteroatoms. The van der Waals surface area contributed by atoms with Crippen LogP contribution < -0.4 is 5.32 Å². The summed E-state index contributed by atoms with van der Waals surface area (Å²) in [4.78, 5) is 4.31. The summed E-state index contributed by atoms with van der Waals surface area (Å²) in [5, 5.41) is 18.9. The fraction of sp³-hybridized carbons (Fsp3) is 0.435. The molecule has 2 bridgehead atoms. The predicted octanol–water partition coefficient (Wildman–Crippen LogP) is 6.08. The number of halogens is 3. The molecule has 164 valence electrons. The van der Waals surface area contributed by atoms with E-state index in [9.17, 15) is 8.78 Å². The summed E-state index contributed by atoms with van der Waals surface area (Å²) in [5.74, 6) is -0.746. The lowest BCUT2D eigenvalue weighted by Gasteiger charge is -2.49. The van der Waals surface area contributed by atoms with E-state index in [1.165, 1.54) is 6.08 Å². The molecule has 3 aliphatic carbocycles. The van der Waals surface area contributed by atoms with Gasteiger partial charge in [0, 0.05) is 40.0 Å². The summed E-state index contributed by atoms with van der Waals surface area (Å²) in [5.41, 5.74) is 2.04. The van der Waals surface area contributed by atoms with Gasteiger partial charge in [-0.3, -0.25) is 5.10 Å². The van der Waals surface area contributed by atoms with Crippen molar-refractivity contribution in [3.63, 3.8) is 0 Å². The van der Waals surface area contributed by atoms with Crippen molar-refractivity contribution in [3.8, 4) is 11.4 Å². The molecule has 2 aromatic heterocycles. The molecule has 0 aromatic carbocycles. The second kappa shape index (κ2) is 8.54. The van der Waals surface area contributed by atoms with Crippen LogP contribution in [0.5, 0.6) is 0 Å². The molecule has 0 spiro atoms. The summed E-state index contributed by atoms with van der Waals surface area (Å²) in [6.45, 7) is 7.22. The van der Waals surface area contributed by atoms with Crippen molar-refractivity contribution in [3.05, 3.63) is 46.6 Å². The maximum atomic E-state index is 14.8. The van der Waals surface area contributed by atoms with Crippen molar-refractivity contribution < 1.29 is 8.78 Å². The third-order valence-corrected chi connectivity index (χ3v) is 6.91. The number of aromatic amines is 1. The van der Waals surface area contributed by atoms with Crippen LogP contribution in [-0.2, 0) is 0 Å². The zero-order valence-electron chi connectivity index (χ0n) is 17.6. The summed E-state index contributed by atoms with van der Waals surface area (Å²) in [6, 6.07) is 0.755. The molecule has 31 heavy (non-hydrogen) atoms. The van der Waals surface area contributed by atoms with Crippen molar-refractivity contribution >= 4 is 29.2 Å². The number of fused-ring (bicyclic) bond motifs is 3. The highest BCUT2D eigenvalue weighted by atomic mass is 35.5. The van der Waals surface area contributed by atoms with Crippen LogP contribution in [0.3, 0.4) is 0 Å². The molecular formula is C23H26ClF2N5. The Bertz CT molecular complexity index is 1050. The molecule has 0 saturated heterocycles. The van der Waals surface area contributed by atoms with Crippen molar-refractivity contribution in [1.29, 1.82) is 5.41 Å². The van der Waals surface area contributed by atoms with Crippen molar-refractivity contribution in [1.82, 2.24) is 15.2 Å². The number of pyridine rings is 1. The highest BCUT2D eigenvalue weighted by molar-refractivity contribution is 6.33. The third kappa shape index (κ3) is 4.03. The standard InChI is InChI=1S/C23H26ClF2N5/c1-4-15(24)9-16-12(3)30-31-21(16)22-17(25)10-18(26)23(29-22)28-20-14-7-5-13(6-8-14)19(20)11(2)27/h4,9-10,13-14,19-20,27H,1,5-8H2,2-3H3,(H,28,29)(H,30,31). The van der Waals surface area contributed by atoms with E-state index in [0.29, 0.717) is 33.8 Å². The molecule has 0 aliphatic heterocycles. The first-order chi connectivity index (χ1) is 14.8. The topological polar surface area (TPSA) is 77.5 Å². The van der Waals surface area contributed by atoms with Gasteiger partial charge in [-0.15, -0.1) is 0 Å². The van der Waals surface area contributed by atoms with Gasteiger partial charge in [0.1, 0.15) is 11.4 Å². The first-order valence-corrected chi connectivity index (χ1v) is 10.9. The van der Waals surface area contributed by atoms with E-state index in [0.717, 1.165) is 31.7 Å². The van der Waals surface area contributed by atoms with Crippen LogP contribution in [0.25, 0.3) is 17.5 Å². The number of H-pyrrole nitrogens is 1. The first kappa shape index (κ1) is 21.7. The van der Waals surface area contributed by atoms with Gasteiger partial charge in [0.05, 0.1) is 0 Å². The highest BCUT2D eigenvalue weighted by Crippen LogP contribution is 2.46. The van der Waals surface area contributed by atoms with Crippen LogP contribution in [0.2, 0.25) is 0 Å². The molecule has 3 saturated carbocycles. The Hall–Kier alpha value is -2.54. The van der Waals surface area contributed by atoms with Crippen molar-refractivity contribution in [2.45, 2.75) is 45.6 Å². The molecule has 5 rings (SSSR count). The molecule has 5 nitrogen and oxygen atoms in total. The van der Waals surface area contributed by atoms with Gasteiger partial charge in [0.2, 0.25) is 0 Å². The van der Waals surface area contributed by atoms with Gasteiger partial charge in [-0.1, -0.05) is 24.3 Å². The van der Waals surface area contributed by atoms with E-state index < -0.39 is 11.6 Å². The average molecular weight is 446 g/mol. The van der Waals surface area contributed by atoms with Gasteiger partial charge in [-0.05, 0) is 57.4 Å². The largest absolute Gasteiger partial charge is 0.364 e. The lowest BCUT2D eigenvalue weighted by molar-refractivity contribution is 0.119. The highest BCUT2D eigenvalue weighted by Gasteiger charge is 2.45. The second-order valence-electron chi connectivity index (χ2n) is 8.55. The van der Waals surface area contributed by atoms with E-state index >= 15 is 0 Å². The predicted molar refractivity (Wildman–Crippen MR) is 120 cm³/mol. The maximum Gasteiger partial charge on any atom is 0.168 e. The van der Waals surface area contributed by atoms with Crippen molar-refractivity contribution in [2.75, 3.05) is 5.32 Å². The Morgan fingerprint density at radius 3 is 2.55 bits per heavy atom. The number of nitrogens with zero attached hydrogens (tertiary/aromatic N) is 2. The fourth-order valence-corrected chi connectivity index (χ4v) is 5.27. The van der Waals surface area contributed by atoms with E-state index in [1.807, 2.05) is 6.92 Å². The summed E-state index contributed by atoms with van der Waals surface area (Å²) in [7, 11) is 0. The van der Waals surface area contributed by atoms with Gasteiger partial charge in [0.25, 0.3) is 0 Å². The monoisotopic (exact) mass is 445 g/mol. The van der Waals surface area contributed by atoms with Crippen molar-refractivity contribution in [2.24, 2.45) is 17.8 Å². The van der Waals surface area contributed by atoms with Gasteiger partial charge in [-0.25, -0.2) is 13.8 Å². The van der Waals surface area contributed by atoms with Crippen LogP contribution in [0.1, 0.15) is 43.9 Å². The smallest absolute Gasteiger partial charge is 0.168 e. The van der Waals surface area contributed by atoms with Gasteiger partial charge in [-0.2, -0.15) is 5.10 Å². The second-order valence-corrected chi connectivity index (χ2v) is 8.98. The minimum Gasteiger partial charge on any atom is -0.364 e. The van der Waals surface area contributed by atoms with Crippen LogP contribution >= 0.6 is 11.6 Å². The minimum atomic E-state index is -0.802. The number of rotatable bonds is 6. The fourth-order valence-electron chi connectivity index (χ4n) is 5.16. The molecule has 0 radical (unpaired) electrons. The van der Waals surface area contributed by atoms with Crippen LogP contribution in [0, 0.1) is 41.7 Å². The van der Waals surface area contributed by atoms with Gasteiger partial charge in [0.15, 0.2) is 17.5 Å². The summed E-state index contributed by atoms with van der Waals surface area (Å²) < 4.78 is 29.5. The molecule has 0 amide bonds. The van der Waals surface area contributed by atoms with E-state index in [2.05, 4.69) is 27.1 Å². The lowest BCUT2D eigenvalue weighted by Crippen LogP contribution is -2.51. The Morgan fingerprint density at radius 1 is 1.23 bits per heavy atom. The minimum absolute atomic E-state index is 0.00870. The van der Waals surface area contributed by atoms with Crippen LogP contribution in [-0.4, -0.2) is 26.9 Å².